The van der Waals surface area contributed by atoms with E-state index >= 15 is 0 Å². The van der Waals surface area contributed by atoms with Crippen LogP contribution in [0.25, 0.3) is 0 Å². The normalized spacial score (nSPS) is 32.3. The van der Waals surface area contributed by atoms with Gasteiger partial charge in [0.2, 0.25) is 15.9 Å². The number of nitrogens with one attached hydrogen (secondary N) is 1. The average Bonchev–Trinajstić information content (AvgIpc) is 2.61. The molecule has 3 N–H and O–H groups in total. The molecule has 1 amide bonds. The van der Waals surface area contributed by atoms with Crippen molar-refractivity contribution in [1.82, 2.24) is 4.72 Å². The SMILES string of the molecule is Cc1c(Cl)cccc1S(=O)(=O)NC(C)(C)C(=O)CC12CC3CC(C1)CC(C(N)=O)(C3)C2. The molecule has 4 fully saturated rings. The van der Waals surface area contributed by atoms with E-state index in [0.29, 0.717) is 28.8 Å². The van der Waals surface area contributed by atoms with Crippen LogP contribution >= 0.6 is 11.6 Å². The van der Waals surface area contributed by atoms with Crippen LogP contribution < -0.4 is 10.5 Å². The van der Waals surface area contributed by atoms with E-state index in [0.717, 1.165) is 32.1 Å². The lowest BCUT2D eigenvalue weighted by Gasteiger charge is -2.61. The first-order valence-corrected chi connectivity index (χ1v) is 12.8. The summed E-state index contributed by atoms with van der Waals surface area (Å²) in [6.45, 7) is 4.86. The van der Waals surface area contributed by atoms with Gasteiger partial charge in [0, 0.05) is 11.4 Å². The lowest BCUT2D eigenvalue weighted by molar-refractivity contribution is -0.158. The highest BCUT2D eigenvalue weighted by atomic mass is 35.5. The molecule has 8 heteroatoms. The Balaban J connectivity index is 1.55. The fourth-order valence-electron chi connectivity index (χ4n) is 6.84. The highest BCUT2D eigenvalue weighted by Gasteiger charge is 2.60. The Labute approximate surface area is 189 Å². The number of halogens is 1. The van der Waals surface area contributed by atoms with Gasteiger partial charge in [-0.3, -0.25) is 9.59 Å². The summed E-state index contributed by atoms with van der Waals surface area (Å²) in [6, 6.07) is 4.70. The van der Waals surface area contributed by atoms with Gasteiger partial charge in [0.15, 0.2) is 5.78 Å². The van der Waals surface area contributed by atoms with Crippen molar-refractivity contribution in [3.05, 3.63) is 28.8 Å². The molecule has 170 valence electrons. The third-order valence-corrected chi connectivity index (χ3v) is 10.0. The van der Waals surface area contributed by atoms with Gasteiger partial charge < -0.3 is 5.73 Å². The number of hydrogen-bond donors (Lipinski definition) is 2. The number of carbonyl (C=O) groups is 2. The van der Waals surface area contributed by atoms with E-state index in [1.165, 1.54) is 6.07 Å². The van der Waals surface area contributed by atoms with Crippen LogP contribution in [0.2, 0.25) is 5.02 Å². The number of hydrogen-bond acceptors (Lipinski definition) is 4. The summed E-state index contributed by atoms with van der Waals surface area (Å²) >= 11 is 6.10. The molecule has 6 nitrogen and oxygen atoms in total. The number of sulfonamides is 1. The molecule has 1 aromatic carbocycles. The number of ketones is 1. The molecule has 0 aliphatic heterocycles. The topological polar surface area (TPSA) is 106 Å². The van der Waals surface area contributed by atoms with E-state index in [-0.39, 0.29) is 28.4 Å². The number of rotatable bonds is 7. The molecule has 2 unspecified atom stereocenters. The first kappa shape index (κ1) is 22.7. The van der Waals surface area contributed by atoms with Gasteiger partial charge in [-0.2, -0.15) is 4.72 Å². The Morgan fingerprint density at radius 2 is 1.81 bits per heavy atom. The molecule has 0 saturated heterocycles. The molecule has 4 bridgehead atoms. The van der Waals surface area contributed by atoms with Crippen molar-refractivity contribution < 1.29 is 18.0 Å². The Bertz CT molecular complexity index is 1040. The third-order valence-electron chi connectivity index (χ3n) is 7.83. The first-order chi connectivity index (χ1) is 14.3. The first-order valence-electron chi connectivity index (χ1n) is 10.9. The van der Waals surface area contributed by atoms with Gasteiger partial charge >= 0.3 is 0 Å². The Morgan fingerprint density at radius 3 is 2.39 bits per heavy atom. The summed E-state index contributed by atoms with van der Waals surface area (Å²) in [7, 11) is -3.94. The van der Waals surface area contributed by atoms with Crippen molar-refractivity contribution in [3.8, 4) is 0 Å². The molecular weight excluding hydrogens is 436 g/mol. The van der Waals surface area contributed by atoms with Crippen LogP contribution in [0.15, 0.2) is 23.1 Å². The molecule has 0 aromatic heterocycles. The molecule has 0 radical (unpaired) electrons. The smallest absolute Gasteiger partial charge is 0.241 e. The fraction of sp³-hybridized carbons (Fsp3) is 0.652. The highest BCUT2D eigenvalue weighted by molar-refractivity contribution is 7.89. The zero-order valence-corrected chi connectivity index (χ0v) is 19.9. The average molecular weight is 467 g/mol. The maximum absolute atomic E-state index is 13.4. The lowest BCUT2D eigenvalue weighted by Crippen LogP contribution is -2.58. The van der Waals surface area contributed by atoms with Gasteiger partial charge in [0.1, 0.15) is 0 Å². The Kier molecular flexibility index (Phi) is 5.35. The maximum Gasteiger partial charge on any atom is 0.241 e. The van der Waals surface area contributed by atoms with Gasteiger partial charge in [-0.15, -0.1) is 0 Å². The van der Waals surface area contributed by atoms with Crippen LogP contribution in [0.1, 0.15) is 64.4 Å². The maximum atomic E-state index is 13.4. The van der Waals surface area contributed by atoms with E-state index in [2.05, 4.69) is 4.72 Å². The second-order valence-corrected chi connectivity index (χ2v) is 12.9. The van der Waals surface area contributed by atoms with Crippen LogP contribution in [-0.4, -0.2) is 25.6 Å². The zero-order valence-electron chi connectivity index (χ0n) is 18.3. The van der Waals surface area contributed by atoms with E-state index < -0.39 is 21.0 Å². The quantitative estimate of drug-likeness (QED) is 0.638. The molecule has 2 atom stereocenters. The lowest BCUT2D eigenvalue weighted by atomic mass is 9.43. The second kappa shape index (κ2) is 7.29. The number of primary amides is 1. The fourth-order valence-corrected chi connectivity index (χ4v) is 8.73. The molecule has 0 spiro atoms. The van der Waals surface area contributed by atoms with Crippen molar-refractivity contribution in [2.24, 2.45) is 28.4 Å². The molecule has 5 rings (SSSR count). The summed E-state index contributed by atoms with van der Waals surface area (Å²) in [5, 5.41) is 0.359. The number of benzene rings is 1. The predicted molar refractivity (Wildman–Crippen MR) is 119 cm³/mol. The molecule has 0 heterocycles. The number of Topliss-reactive ketones (excluding diaryl/α,β-unsaturated/α-hetero) is 1. The van der Waals surface area contributed by atoms with Crippen molar-refractivity contribution >= 4 is 33.3 Å². The summed E-state index contributed by atoms with van der Waals surface area (Å²) in [5.41, 5.74) is 4.23. The van der Waals surface area contributed by atoms with Gasteiger partial charge in [-0.25, -0.2) is 8.42 Å². The van der Waals surface area contributed by atoms with Gasteiger partial charge in [0.05, 0.1) is 15.8 Å². The van der Waals surface area contributed by atoms with Crippen molar-refractivity contribution in [3.63, 3.8) is 0 Å². The summed E-state index contributed by atoms with van der Waals surface area (Å²) < 4.78 is 28.7. The standard InChI is InChI=1S/C23H31ClN2O4S/c1-14-17(24)5-4-6-18(14)31(29,30)26-21(2,3)19(27)12-22-8-15-7-16(9-22)11-23(10-15,13-22)20(25)28/h4-6,15-16,26H,7-13H2,1-3H3,(H2,25,28). The van der Waals surface area contributed by atoms with Crippen LogP contribution in [0.5, 0.6) is 0 Å². The minimum atomic E-state index is -3.94. The van der Waals surface area contributed by atoms with Crippen LogP contribution in [0.3, 0.4) is 0 Å². The minimum absolute atomic E-state index is 0.0726. The number of amides is 1. The summed E-state index contributed by atoms with van der Waals surface area (Å²) in [5.74, 6) is 0.457. The number of carbonyl (C=O) groups excluding carboxylic acids is 2. The Hall–Kier alpha value is -1.44. The van der Waals surface area contributed by atoms with Crippen LogP contribution in [0.4, 0.5) is 0 Å². The monoisotopic (exact) mass is 466 g/mol. The summed E-state index contributed by atoms with van der Waals surface area (Å²) in [4.78, 5) is 25.8. The van der Waals surface area contributed by atoms with Gasteiger partial charge in [-0.1, -0.05) is 17.7 Å². The van der Waals surface area contributed by atoms with Crippen LogP contribution in [-0.2, 0) is 19.6 Å². The largest absolute Gasteiger partial charge is 0.369 e. The zero-order chi connectivity index (χ0) is 22.8. The molecule has 4 saturated carbocycles. The highest BCUT2D eigenvalue weighted by Crippen LogP contribution is 2.66. The van der Waals surface area contributed by atoms with Gasteiger partial charge in [-0.05, 0) is 94.2 Å². The van der Waals surface area contributed by atoms with E-state index in [9.17, 15) is 18.0 Å². The molecule has 31 heavy (non-hydrogen) atoms. The van der Waals surface area contributed by atoms with Crippen molar-refractivity contribution in [2.75, 3.05) is 0 Å². The number of nitrogens with two attached hydrogens (primary N) is 1. The second-order valence-electron chi connectivity index (χ2n) is 10.8. The Morgan fingerprint density at radius 1 is 1.19 bits per heavy atom. The molecule has 4 aliphatic rings. The summed E-state index contributed by atoms with van der Waals surface area (Å²) in [6.07, 6.45) is 5.51. The minimum Gasteiger partial charge on any atom is -0.369 e. The van der Waals surface area contributed by atoms with E-state index in [1.807, 2.05) is 0 Å². The molecule has 4 aliphatic carbocycles. The van der Waals surface area contributed by atoms with Crippen LogP contribution in [0, 0.1) is 29.6 Å². The van der Waals surface area contributed by atoms with E-state index in [1.54, 1.807) is 32.9 Å². The molecule has 1 aromatic rings. The van der Waals surface area contributed by atoms with Gasteiger partial charge in [0.25, 0.3) is 0 Å². The third kappa shape index (κ3) is 3.93. The van der Waals surface area contributed by atoms with Crippen molar-refractivity contribution in [2.45, 2.75) is 76.2 Å². The molecular formula is C23H31ClN2O4S. The van der Waals surface area contributed by atoms with E-state index in [4.69, 9.17) is 17.3 Å². The predicted octanol–water partition coefficient (Wildman–Crippen LogP) is 3.74. The van der Waals surface area contributed by atoms with Crippen molar-refractivity contribution in [1.29, 1.82) is 0 Å².